The van der Waals surface area contributed by atoms with E-state index in [0.29, 0.717) is 19.8 Å². The van der Waals surface area contributed by atoms with Crippen molar-refractivity contribution in [3.05, 3.63) is 29.8 Å². The maximum atomic E-state index is 13.2. The molecule has 0 unspecified atom stereocenters. The SMILES string of the molecule is CCOCCCNCC(=O)Nc1c(F)cccc1F. The smallest absolute Gasteiger partial charge is 0.238 e. The average Bonchev–Trinajstić information content (AvgIpc) is 2.38. The van der Waals surface area contributed by atoms with Gasteiger partial charge in [-0.25, -0.2) is 8.78 Å². The molecule has 0 aromatic heterocycles. The number of ether oxygens (including phenoxy) is 1. The molecule has 0 spiro atoms. The van der Waals surface area contributed by atoms with Crippen LogP contribution in [-0.2, 0) is 9.53 Å². The molecule has 19 heavy (non-hydrogen) atoms. The molecule has 0 fully saturated rings. The fourth-order valence-corrected chi connectivity index (χ4v) is 1.45. The first-order valence-corrected chi connectivity index (χ1v) is 6.17. The van der Waals surface area contributed by atoms with Crippen LogP contribution >= 0.6 is 0 Å². The minimum atomic E-state index is -0.787. The van der Waals surface area contributed by atoms with E-state index in [9.17, 15) is 13.6 Å². The third kappa shape index (κ3) is 5.76. The van der Waals surface area contributed by atoms with Gasteiger partial charge in [-0.1, -0.05) is 6.07 Å². The molecule has 0 aliphatic carbocycles. The van der Waals surface area contributed by atoms with E-state index >= 15 is 0 Å². The third-order valence-corrected chi connectivity index (χ3v) is 2.36. The van der Waals surface area contributed by atoms with Crippen molar-refractivity contribution in [1.29, 1.82) is 0 Å². The van der Waals surface area contributed by atoms with E-state index in [-0.39, 0.29) is 6.54 Å². The average molecular weight is 272 g/mol. The van der Waals surface area contributed by atoms with E-state index in [2.05, 4.69) is 10.6 Å². The summed E-state index contributed by atoms with van der Waals surface area (Å²) < 4.78 is 31.6. The highest BCUT2D eigenvalue weighted by Gasteiger charge is 2.11. The first kappa shape index (κ1) is 15.5. The number of hydrogen-bond acceptors (Lipinski definition) is 3. The number of rotatable bonds is 8. The number of amides is 1. The number of nitrogens with one attached hydrogen (secondary N) is 2. The Kier molecular flexibility index (Phi) is 6.99. The predicted molar refractivity (Wildman–Crippen MR) is 69.0 cm³/mol. The molecule has 0 aliphatic rings. The van der Waals surface area contributed by atoms with Crippen LogP contribution in [0.5, 0.6) is 0 Å². The molecule has 1 rings (SSSR count). The molecule has 0 aliphatic heterocycles. The van der Waals surface area contributed by atoms with Gasteiger partial charge < -0.3 is 15.4 Å². The van der Waals surface area contributed by atoms with Gasteiger partial charge >= 0.3 is 0 Å². The second kappa shape index (κ2) is 8.55. The highest BCUT2D eigenvalue weighted by atomic mass is 19.1. The van der Waals surface area contributed by atoms with Gasteiger partial charge in [0.25, 0.3) is 0 Å². The van der Waals surface area contributed by atoms with Crippen molar-refractivity contribution in [2.24, 2.45) is 0 Å². The largest absolute Gasteiger partial charge is 0.382 e. The fourth-order valence-electron chi connectivity index (χ4n) is 1.45. The van der Waals surface area contributed by atoms with Gasteiger partial charge in [-0.2, -0.15) is 0 Å². The Morgan fingerprint density at radius 2 is 2.00 bits per heavy atom. The predicted octanol–water partition coefficient (Wildman–Crippen LogP) is 1.92. The number of anilines is 1. The Morgan fingerprint density at radius 3 is 2.63 bits per heavy atom. The molecule has 1 amide bonds. The van der Waals surface area contributed by atoms with E-state index in [1.807, 2.05) is 6.92 Å². The van der Waals surface area contributed by atoms with Crippen molar-refractivity contribution < 1.29 is 18.3 Å². The second-order valence-electron chi connectivity index (χ2n) is 3.87. The number of carbonyl (C=O) groups is 1. The van der Waals surface area contributed by atoms with Crippen molar-refractivity contribution in [2.45, 2.75) is 13.3 Å². The van der Waals surface area contributed by atoms with Crippen molar-refractivity contribution in [1.82, 2.24) is 5.32 Å². The first-order chi connectivity index (χ1) is 9.15. The molecular weight excluding hydrogens is 254 g/mol. The topological polar surface area (TPSA) is 50.4 Å². The Morgan fingerprint density at radius 1 is 1.32 bits per heavy atom. The summed E-state index contributed by atoms with van der Waals surface area (Å²) in [5, 5.41) is 5.06. The molecule has 0 saturated carbocycles. The number of para-hydroxylation sites is 1. The maximum absolute atomic E-state index is 13.2. The molecule has 2 N–H and O–H groups in total. The lowest BCUT2D eigenvalue weighted by Crippen LogP contribution is -2.29. The molecule has 0 radical (unpaired) electrons. The summed E-state index contributed by atoms with van der Waals surface area (Å²) in [6.07, 6.45) is 0.773. The van der Waals surface area contributed by atoms with Gasteiger partial charge in [0.05, 0.1) is 6.54 Å². The highest BCUT2D eigenvalue weighted by molar-refractivity contribution is 5.92. The first-order valence-electron chi connectivity index (χ1n) is 6.17. The summed E-state index contributed by atoms with van der Waals surface area (Å²) in [5.74, 6) is -2.06. The summed E-state index contributed by atoms with van der Waals surface area (Å²) >= 11 is 0. The number of halogens is 2. The Balaban J connectivity index is 2.28. The van der Waals surface area contributed by atoms with Crippen LogP contribution in [0.15, 0.2) is 18.2 Å². The van der Waals surface area contributed by atoms with E-state index < -0.39 is 23.2 Å². The van der Waals surface area contributed by atoms with Crippen molar-refractivity contribution in [3.8, 4) is 0 Å². The second-order valence-corrected chi connectivity index (χ2v) is 3.87. The molecule has 0 atom stereocenters. The van der Waals surface area contributed by atoms with Gasteiger partial charge in [0.2, 0.25) is 5.91 Å². The molecule has 0 bridgehead atoms. The fraction of sp³-hybridized carbons (Fsp3) is 0.462. The van der Waals surface area contributed by atoms with Crippen LogP contribution in [0.1, 0.15) is 13.3 Å². The number of hydrogen-bond donors (Lipinski definition) is 2. The van der Waals surface area contributed by atoms with Gasteiger partial charge in [-0.15, -0.1) is 0 Å². The third-order valence-electron chi connectivity index (χ3n) is 2.36. The van der Waals surface area contributed by atoms with Gasteiger partial charge in [-0.3, -0.25) is 4.79 Å². The van der Waals surface area contributed by atoms with Crippen LogP contribution in [0, 0.1) is 11.6 Å². The lowest BCUT2D eigenvalue weighted by Gasteiger charge is -2.08. The van der Waals surface area contributed by atoms with Crippen LogP contribution in [0.4, 0.5) is 14.5 Å². The number of carbonyl (C=O) groups excluding carboxylic acids is 1. The molecular formula is C13H18F2N2O2. The molecule has 1 aromatic carbocycles. The Labute approximate surface area is 111 Å². The zero-order valence-electron chi connectivity index (χ0n) is 10.8. The minimum absolute atomic E-state index is 0.0000999. The highest BCUT2D eigenvalue weighted by Crippen LogP contribution is 2.17. The van der Waals surface area contributed by atoms with Crippen LogP contribution < -0.4 is 10.6 Å². The zero-order chi connectivity index (χ0) is 14.1. The standard InChI is InChI=1S/C13H18F2N2O2/c1-2-19-8-4-7-16-9-12(18)17-13-10(14)5-3-6-11(13)15/h3,5-6,16H,2,4,7-9H2,1H3,(H,17,18). The Hall–Kier alpha value is -1.53. The van der Waals surface area contributed by atoms with Gasteiger partial charge in [0.15, 0.2) is 0 Å². The molecule has 4 nitrogen and oxygen atoms in total. The molecule has 6 heteroatoms. The van der Waals surface area contributed by atoms with Crippen LogP contribution in [0.3, 0.4) is 0 Å². The van der Waals surface area contributed by atoms with E-state index in [0.717, 1.165) is 18.6 Å². The Bertz CT molecular complexity index is 393. The maximum Gasteiger partial charge on any atom is 0.238 e. The van der Waals surface area contributed by atoms with Gasteiger partial charge in [-0.05, 0) is 32.0 Å². The monoisotopic (exact) mass is 272 g/mol. The van der Waals surface area contributed by atoms with E-state index in [1.165, 1.54) is 6.07 Å². The zero-order valence-corrected chi connectivity index (χ0v) is 10.8. The van der Waals surface area contributed by atoms with Crippen LogP contribution in [-0.4, -0.2) is 32.2 Å². The summed E-state index contributed by atoms with van der Waals surface area (Å²) in [6, 6.07) is 3.43. The summed E-state index contributed by atoms with van der Waals surface area (Å²) in [7, 11) is 0. The van der Waals surface area contributed by atoms with Crippen molar-refractivity contribution in [3.63, 3.8) is 0 Å². The minimum Gasteiger partial charge on any atom is -0.382 e. The van der Waals surface area contributed by atoms with Crippen molar-refractivity contribution in [2.75, 3.05) is 31.6 Å². The van der Waals surface area contributed by atoms with E-state index in [1.54, 1.807) is 0 Å². The van der Waals surface area contributed by atoms with Gasteiger partial charge in [0.1, 0.15) is 17.3 Å². The van der Waals surface area contributed by atoms with Crippen LogP contribution in [0.2, 0.25) is 0 Å². The van der Waals surface area contributed by atoms with Crippen LogP contribution in [0.25, 0.3) is 0 Å². The summed E-state index contributed by atoms with van der Waals surface area (Å²) in [5.41, 5.74) is -0.413. The molecule has 0 heterocycles. The summed E-state index contributed by atoms with van der Waals surface area (Å²) in [4.78, 5) is 11.5. The number of benzene rings is 1. The lowest BCUT2D eigenvalue weighted by atomic mass is 10.3. The molecule has 106 valence electrons. The molecule has 1 aromatic rings. The molecule has 0 saturated heterocycles. The quantitative estimate of drug-likeness (QED) is 0.711. The normalized spacial score (nSPS) is 10.5. The van der Waals surface area contributed by atoms with Gasteiger partial charge in [0, 0.05) is 13.2 Å². The lowest BCUT2D eigenvalue weighted by molar-refractivity contribution is -0.115. The summed E-state index contributed by atoms with van der Waals surface area (Å²) in [6.45, 7) is 3.79. The van der Waals surface area contributed by atoms with Crippen molar-refractivity contribution >= 4 is 11.6 Å². The van der Waals surface area contributed by atoms with E-state index in [4.69, 9.17) is 4.74 Å².